The Kier molecular flexibility index (Phi) is 5.57. The molecular weight excluding hydrogens is 410 g/mol. The zero-order valence-corrected chi connectivity index (χ0v) is 16.6. The van der Waals surface area contributed by atoms with Crippen LogP contribution in [0.25, 0.3) is 11.0 Å². The van der Waals surface area contributed by atoms with E-state index in [0.717, 1.165) is 10.6 Å². The summed E-state index contributed by atoms with van der Waals surface area (Å²) in [7, 11) is 0. The minimum atomic E-state index is -2.86. The number of nitrogens with zero attached hydrogens (tertiary/aromatic N) is 3. The molecule has 2 aromatic rings. The van der Waals surface area contributed by atoms with Gasteiger partial charge in [-0.3, -0.25) is 19.6 Å². The summed E-state index contributed by atoms with van der Waals surface area (Å²) < 4.78 is 33.3. The minimum Gasteiger partial charge on any atom is -0.479 e. The van der Waals surface area contributed by atoms with Gasteiger partial charge in [0.25, 0.3) is 6.43 Å². The monoisotopic (exact) mass is 432 g/mol. The van der Waals surface area contributed by atoms with Crippen LogP contribution in [0, 0.1) is 11.3 Å². The van der Waals surface area contributed by atoms with Crippen molar-refractivity contribution >= 4 is 28.7 Å². The maximum atomic E-state index is 13.4. The van der Waals surface area contributed by atoms with Crippen molar-refractivity contribution in [3.63, 3.8) is 0 Å². The van der Waals surface area contributed by atoms with E-state index < -0.39 is 18.3 Å². The number of carbonyl (C=O) groups is 2. The van der Waals surface area contributed by atoms with Gasteiger partial charge in [0.1, 0.15) is 11.9 Å². The van der Waals surface area contributed by atoms with Crippen LogP contribution in [-0.2, 0) is 14.3 Å². The molecule has 3 heterocycles. The van der Waals surface area contributed by atoms with Crippen LogP contribution in [-0.4, -0.2) is 57.8 Å². The second-order valence-electron chi connectivity index (χ2n) is 7.61. The number of benzene rings is 1. The Bertz CT molecular complexity index is 1060. The Morgan fingerprint density at radius 2 is 2.13 bits per heavy atom. The molecule has 11 heteroatoms. The molecular formula is C20H22F2N6O3. The van der Waals surface area contributed by atoms with Crippen molar-refractivity contribution in [2.75, 3.05) is 19.7 Å². The van der Waals surface area contributed by atoms with Crippen LogP contribution in [0.3, 0.4) is 0 Å². The lowest BCUT2D eigenvalue weighted by Gasteiger charge is -2.40. The van der Waals surface area contributed by atoms with E-state index in [2.05, 4.69) is 10.3 Å². The first-order valence-corrected chi connectivity index (χ1v) is 9.86. The average Bonchev–Trinajstić information content (AvgIpc) is 3.30. The van der Waals surface area contributed by atoms with E-state index >= 15 is 0 Å². The number of nitrogens with two attached hydrogens (primary N) is 1. The molecule has 9 nitrogen and oxygen atoms in total. The number of carbonyl (C=O) groups excluding carboxylic acids is 2. The molecule has 4 rings (SSSR count). The van der Waals surface area contributed by atoms with E-state index in [9.17, 15) is 18.4 Å². The van der Waals surface area contributed by atoms with Gasteiger partial charge in [0.15, 0.2) is 11.7 Å². The lowest BCUT2D eigenvalue weighted by molar-refractivity contribution is -0.141. The van der Waals surface area contributed by atoms with Crippen molar-refractivity contribution in [2.24, 2.45) is 11.7 Å². The van der Waals surface area contributed by atoms with Crippen LogP contribution in [0.1, 0.15) is 25.1 Å². The second kappa shape index (κ2) is 8.32. The number of likely N-dealkylation sites (tertiary alicyclic amines) is 1. The third-order valence-electron chi connectivity index (χ3n) is 5.35. The summed E-state index contributed by atoms with van der Waals surface area (Å²) in [6.45, 7) is 1.19. The summed E-state index contributed by atoms with van der Waals surface area (Å²) in [5.74, 6) is -1.06. The molecule has 2 saturated heterocycles. The SMILES string of the molecule is N=C(C=C(N)OCC1CN(C(=O)[C@H]2CCC(=O)N2)C1)n1c(C(F)F)nc2ccccc21. The number of amides is 2. The molecule has 2 aliphatic heterocycles. The molecule has 0 saturated carbocycles. The van der Waals surface area contributed by atoms with E-state index in [-0.39, 0.29) is 36.1 Å². The van der Waals surface area contributed by atoms with E-state index in [1.807, 2.05) is 0 Å². The van der Waals surface area contributed by atoms with Crippen molar-refractivity contribution in [2.45, 2.75) is 25.3 Å². The summed E-state index contributed by atoms with van der Waals surface area (Å²) in [6.07, 6.45) is -0.818. The lowest BCUT2D eigenvalue weighted by atomic mass is 9.99. The number of allylic oxidation sites excluding steroid dienone is 1. The maximum Gasteiger partial charge on any atom is 0.296 e. The van der Waals surface area contributed by atoms with Crippen molar-refractivity contribution in [1.29, 1.82) is 5.41 Å². The fourth-order valence-corrected chi connectivity index (χ4v) is 3.77. The van der Waals surface area contributed by atoms with Crippen LogP contribution < -0.4 is 11.1 Å². The Morgan fingerprint density at radius 1 is 1.39 bits per heavy atom. The fourth-order valence-electron chi connectivity index (χ4n) is 3.77. The smallest absolute Gasteiger partial charge is 0.296 e. The number of imidazole rings is 1. The first-order valence-electron chi connectivity index (χ1n) is 9.86. The van der Waals surface area contributed by atoms with Gasteiger partial charge in [0, 0.05) is 31.5 Å². The third-order valence-corrected chi connectivity index (χ3v) is 5.35. The molecule has 31 heavy (non-hydrogen) atoms. The van der Waals surface area contributed by atoms with Crippen LogP contribution in [0.15, 0.2) is 36.2 Å². The summed E-state index contributed by atoms with van der Waals surface area (Å²) >= 11 is 0. The van der Waals surface area contributed by atoms with Gasteiger partial charge in [-0.2, -0.15) is 0 Å². The number of ether oxygens (including phenoxy) is 1. The second-order valence-corrected chi connectivity index (χ2v) is 7.61. The summed E-state index contributed by atoms with van der Waals surface area (Å²) in [4.78, 5) is 29.1. The molecule has 2 amide bonds. The van der Waals surface area contributed by atoms with Crippen molar-refractivity contribution in [3.05, 3.63) is 42.0 Å². The molecule has 0 spiro atoms. The summed E-state index contributed by atoms with van der Waals surface area (Å²) in [6, 6.07) is 6.09. The van der Waals surface area contributed by atoms with Crippen LogP contribution in [0.5, 0.6) is 0 Å². The molecule has 0 radical (unpaired) electrons. The number of rotatable bonds is 6. The first kappa shape index (κ1) is 20.8. The highest BCUT2D eigenvalue weighted by atomic mass is 19.3. The number of nitrogens with one attached hydrogen (secondary N) is 2. The number of para-hydroxylation sites is 2. The molecule has 1 aromatic heterocycles. The summed E-state index contributed by atoms with van der Waals surface area (Å²) in [5.41, 5.74) is 6.56. The molecule has 1 aromatic carbocycles. The first-order chi connectivity index (χ1) is 14.8. The van der Waals surface area contributed by atoms with Crippen molar-refractivity contribution in [3.8, 4) is 0 Å². The predicted molar refractivity (Wildman–Crippen MR) is 107 cm³/mol. The van der Waals surface area contributed by atoms with Gasteiger partial charge in [-0.1, -0.05) is 12.1 Å². The maximum absolute atomic E-state index is 13.4. The van der Waals surface area contributed by atoms with Gasteiger partial charge in [0.2, 0.25) is 11.8 Å². The lowest BCUT2D eigenvalue weighted by Crippen LogP contribution is -2.56. The molecule has 164 valence electrons. The Hall–Kier alpha value is -3.50. The molecule has 2 aliphatic rings. The van der Waals surface area contributed by atoms with Crippen LogP contribution >= 0.6 is 0 Å². The number of halogens is 2. The van der Waals surface area contributed by atoms with Gasteiger partial charge in [-0.15, -0.1) is 0 Å². The van der Waals surface area contributed by atoms with E-state index in [1.165, 1.54) is 0 Å². The van der Waals surface area contributed by atoms with Gasteiger partial charge >= 0.3 is 0 Å². The zero-order chi connectivity index (χ0) is 22.1. The zero-order valence-electron chi connectivity index (χ0n) is 16.6. The Labute approximate surface area is 176 Å². The van der Waals surface area contributed by atoms with Crippen LogP contribution in [0.2, 0.25) is 0 Å². The fraction of sp³-hybridized carbons (Fsp3) is 0.400. The number of hydrogen-bond acceptors (Lipinski definition) is 6. The topological polar surface area (TPSA) is 126 Å². The summed E-state index contributed by atoms with van der Waals surface area (Å²) in [5, 5.41) is 10.9. The van der Waals surface area contributed by atoms with Crippen LogP contribution in [0.4, 0.5) is 8.78 Å². The quantitative estimate of drug-likeness (QED) is 0.361. The van der Waals surface area contributed by atoms with Gasteiger partial charge in [-0.25, -0.2) is 13.8 Å². The molecule has 1 atom stereocenters. The van der Waals surface area contributed by atoms with E-state index in [4.69, 9.17) is 15.9 Å². The van der Waals surface area contributed by atoms with E-state index in [0.29, 0.717) is 37.0 Å². The Balaban J connectivity index is 1.33. The molecule has 0 aliphatic carbocycles. The highest BCUT2D eigenvalue weighted by Gasteiger charge is 2.37. The van der Waals surface area contributed by atoms with Crippen molar-refractivity contribution in [1.82, 2.24) is 19.8 Å². The average molecular weight is 432 g/mol. The highest BCUT2D eigenvalue weighted by Crippen LogP contribution is 2.24. The molecule has 2 fully saturated rings. The van der Waals surface area contributed by atoms with Crippen molar-refractivity contribution < 1.29 is 23.1 Å². The van der Waals surface area contributed by atoms with Gasteiger partial charge in [-0.05, 0) is 18.6 Å². The Morgan fingerprint density at radius 3 is 2.81 bits per heavy atom. The number of alkyl halides is 2. The van der Waals surface area contributed by atoms with Gasteiger partial charge < -0.3 is 20.7 Å². The number of aromatic nitrogens is 2. The normalized spacial score (nSPS) is 19.6. The number of hydrogen-bond donors (Lipinski definition) is 3. The molecule has 0 bridgehead atoms. The highest BCUT2D eigenvalue weighted by molar-refractivity contribution is 5.99. The largest absolute Gasteiger partial charge is 0.479 e. The molecule has 4 N–H and O–H groups in total. The number of fused-ring (bicyclic) bond motifs is 1. The molecule has 0 unspecified atom stereocenters. The van der Waals surface area contributed by atoms with Gasteiger partial charge in [0.05, 0.1) is 17.6 Å². The minimum absolute atomic E-state index is 0.0629. The standard InChI is InChI=1S/C20H22F2N6O3/c21-18(22)19-26-12-3-1-2-4-14(12)28(19)15(23)7-16(24)31-10-11-8-27(9-11)20(30)13-5-6-17(29)25-13/h1-4,7,11,13,18,23H,5-6,8-10,24H2,(H,25,29)/t13-/m1/s1. The predicted octanol–water partition coefficient (Wildman–Crippen LogP) is 1.35. The van der Waals surface area contributed by atoms with E-state index in [1.54, 1.807) is 29.2 Å². The third kappa shape index (κ3) is 4.21.